The molecule has 14 heavy (non-hydrogen) atoms. The van der Waals surface area contributed by atoms with E-state index in [1.807, 2.05) is 12.1 Å². The summed E-state index contributed by atoms with van der Waals surface area (Å²) >= 11 is 5.19. The lowest BCUT2D eigenvalue weighted by atomic mass is 9.97. The zero-order valence-corrected chi connectivity index (χ0v) is 10.0. The van der Waals surface area contributed by atoms with E-state index < -0.39 is 6.10 Å². The Morgan fingerprint density at radius 1 is 1.57 bits per heavy atom. The van der Waals surface area contributed by atoms with Crippen LogP contribution in [0, 0.1) is 5.92 Å². The smallest absolute Gasteiger partial charge is 0.0849 e. The van der Waals surface area contributed by atoms with Gasteiger partial charge in [0.2, 0.25) is 0 Å². The van der Waals surface area contributed by atoms with E-state index in [0.29, 0.717) is 6.54 Å². The number of nitrogens with two attached hydrogens (primary N) is 1. The predicted molar refractivity (Wildman–Crippen MR) is 62.4 cm³/mol. The van der Waals surface area contributed by atoms with Gasteiger partial charge >= 0.3 is 0 Å². The van der Waals surface area contributed by atoms with E-state index >= 15 is 0 Å². The van der Waals surface area contributed by atoms with E-state index in [1.54, 1.807) is 11.8 Å². The zero-order chi connectivity index (χ0) is 10.1. The fourth-order valence-corrected chi connectivity index (χ4v) is 3.41. The molecule has 1 aromatic carbocycles. The summed E-state index contributed by atoms with van der Waals surface area (Å²) in [7, 11) is 0. The minimum Gasteiger partial charge on any atom is -0.388 e. The van der Waals surface area contributed by atoms with Crippen LogP contribution in [-0.4, -0.2) is 17.4 Å². The first-order chi connectivity index (χ1) is 6.72. The molecule has 1 aliphatic heterocycles. The fourth-order valence-electron chi connectivity index (χ4n) is 1.62. The number of halogens is 1. The third-order valence-corrected chi connectivity index (χ3v) is 4.25. The number of fused-ring (bicyclic) bond motifs is 1. The van der Waals surface area contributed by atoms with Gasteiger partial charge in [0.1, 0.15) is 0 Å². The summed E-state index contributed by atoms with van der Waals surface area (Å²) in [5, 5.41) is 10.0. The molecule has 4 heteroatoms. The van der Waals surface area contributed by atoms with Gasteiger partial charge in [-0.3, -0.25) is 0 Å². The highest BCUT2D eigenvalue weighted by Gasteiger charge is 2.27. The molecule has 2 unspecified atom stereocenters. The molecule has 1 heterocycles. The molecule has 0 bridgehead atoms. The highest BCUT2D eigenvalue weighted by molar-refractivity contribution is 9.10. The van der Waals surface area contributed by atoms with E-state index in [4.69, 9.17) is 5.73 Å². The maximum atomic E-state index is 10.0. The average Bonchev–Trinajstić information content (AvgIpc) is 2.18. The van der Waals surface area contributed by atoms with Crippen molar-refractivity contribution in [2.45, 2.75) is 11.0 Å². The molecule has 0 saturated heterocycles. The Morgan fingerprint density at radius 2 is 2.36 bits per heavy atom. The van der Waals surface area contributed by atoms with E-state index in [0.717, 1.165) is 20.7 Å². The summed E-state index contributed by atoms with van der Waals surface area (Å²) in [4.78, 5) is 1.16. The van der Waals surface area contributed by atoms with E-state index in [9.17, 15) is 5.11 Å². The number of aliphatic hydroxyl groups excluding tert-OH is 1. The summed E-state index contributed by atoms with van der Waals surface area (Å²) in [5.41, 5.74) is 6.61. The van der Waals surface area contributed by atoms with E-state index in [2.05, 4.69) is 22.0 Å². The van der Waals surface area contributed by atoms with Gasteiger partial charge in [0, 0.05) is 21.0 Å². The lowest BCUT2D eigenvalue weighted by molar-refractivity contribution is 0.119. The van der Waals surface area contributed by atoms with Gasteiger partial charge in [-0.1, -0.05) is 22.0 Å². The molecular formula is C10H12BrNOS. The monoisotopic (exact) mass is 273 g/mol. The van der Waals surface area contributed by atoms with Crippen LogP contribution in [0.15, 0.2) is 27.6 Å². The van der Waals surface area contributed by atoms with Gasteiger partial charge in [-0.25, -0.2) is 0 Å². The summed E-state index contributed by atoms with van der Waals surface area (Å²) in [6.45, 7) is 0.545. The second-order valence-electron chi connectivity index (χ2n) is 3.43. The van der Waals surface area contributed by atoms with Gasteiger partial charge in [-0.15, -0.1) is 11.8 Å². The molecule has 0 amide bonds. The molecule has 0 spiro atoms. The number of rotatable bonds is 1. The molecule has 1 aliphatic rings. The quantitative estimate of drug-likeness (QED) is 0.825. The van der Waals surface area contributed by atoms with Crippen molar-refractivity contribution in [3.8, 4) is 0 Å². The molecule has 3 N–H and O–H groups in total. The van der Waals surface area contributed by atoms with Crippen LogP contribution < -0.4 is 5.73 Å². The Hall–Kier alpha value is -0.0300. The summed E-state index contributed by atoms with van der Waals surface area (Å²) in [6.07, 6.45) is -0.399. The Kier molecular flexibility index (Phi) is 3.17. The molecule has 2 nitrogen and oxygen atoms in total. The third-order valence-electron chi connectivity index (χ3n) is 2.50. The number of aliphatic hydroxyl groups is 1. The van der Waals surface area contributed by atoms with E-state index in [-0.39, 0.29) is 5.92 Å². The normalized spacial score (nSPS) is 25.9. The van der Waals surface area contributed by atoms with Crippen molar-refractivity contribution >= 4 is 27.7 Å². The minimum absolute atomic E-state index is 0.189. The Bertz CT molecular complexity index is 345. The molecule has 2 atom stereocenters. The van der Waals surface area contributed by atoms with Crippen LogP contribution in [0.3, 0.4) is 0 Å². The second-order valence-corrected chi connectivity index (χ2v) is 5.41. The lowest BCUT2D eigenvalue weighted by Crippen LogP contribution is -2.27. The molecule has 2 rings (SSSR count). The van der Waals surface area contributed by atoms with Crippen LogP contribution in [0.25, 0.3) is 0 Å². The molecule has 0 aliphatic carbocycles. The first-order valence-electron chi connectivity index (χ1n) is 4.52. The average molecular weight is 274 g/mol. The first-order valence-corrected chi connectivity index (χ1v) is 6.30. The van der Waals surface area contributed by atoms with E-state index in [1.165, 1.54) is 0 Å². The van der Waals surface area contributed by atoms with Gasteiger partial charge in [0.25, 0.3) is 0 Å². The van der Waals surface area contributed by atoms with Crippen molar-refractivity contribution in [3.63, 3.8) is 0 Å². The fraction of sp³-hybridized carbons (Fsp3) is 0.400. The van der Waals surface area contributed by atoms with Gasteiger partial charge in [0.05, 0.1) is 6.10 Å². The molecule has 0 fully saturated rings. The maximum absolute atomic E-state index is 10.0. The van der Waals surface area contributed by atoms with Crippen LogP contribution in [0.4, 0.5) is 0 Å². The van der Waals surface area contributed by atoms with Crippen LogP contribution in [-0.2, 0) is 0 Å². The lowest BCUT2D eigenvalue weighted by Gasteiger charge is -2.28. The Balaban J connectivity index is 2.36. The Labute approximate surface area is 96.0 Å². The minimum atomic E-state index is -0.399. The number of thioether (sulfide) groups is 1. The standard InChI is InChI=1S/C10H12BrNOS/c11-7-1-2-8-9(3-7)14-5-6(4-12)10(8)13/h1-3,6,10,13H,4-5,12H2. The largest absolute Gasteiger partial charge is 0.388 e. The molecule has 0 radical (unpaired) electrons. The summed E-state index contributed by atoms with van der Waals surface area (Å²) < 4.78 is 1.06. The van der Waals surface area contributed by atoms with Gasteiger partial charge in [-0.05, 0) is 24.2 Å². The van der Waals surface area contributed by atoms with Crippen LogP contribution in [0.1, 0.15) is 11.7 Å². The number of hydrogen-bond donors (Lipinski definition) is 2. The Morgan fingerprint density at radius 3 is 3.07 bits per heavy atom. The highest BCUT2D eigenvalue weighted by Crippen LogP contribution is 2.40. The first kappa shape index (κ1) is 10.5. The molecular weight excluding hydrogens is 262 g/mol. The summed E-state index contributed by atoms with van der Waals surface area (Å²) in [5.74, 6) is 1.09. The zero-order valence-electron chi connectivity index (χ0n) is 7.61. The van der Waals surface area contributed by atoms with Crippen LogP contribution in [0.2, 0.25) is 0 Å². The predicted octanol–water partition coefficient (Wildman–Crippen LogP) is 2.16. The maximum Gasteiger partial charge on any atom is 0.0849 e. The molecule has 76 valence electrons. The molecule has 0 aromatic heterocycles. The van der Waals surface area contributed by atoms with Crippen molar-refractivity contribution < 1.29 is 5.11 Å². The van der Waals surface area contributed by atoms with Crippen molar-refractivity contribution in [1.29, 1.82) is 0 Å². The second kappa shape index (κ2) is 4.23. The van der Waals surface area contributed by atoms with Crippen LogP contribution >= 0.6 is 27.7 Å². The summed E-state index contributed by atoms with van der Waals surface area (Å²) in [6, 6.07) is 5.98. The van der Waals surface area contributed by atoms with Gasteiger partial charge in [0.15, 0.2) is 0 Å². The molecule has 0 saturated carbocycles. The van der Waals surface area contributed by atoms with Crippen LogP contribution in [0.5, 0.6) is 0 Å². The van der Waals surface area contributed by atoms with Gasteiger partial charge in [-0.2, -0.15) is 0 Å². The van der Waals surface area contributed by atoms with Crippen molar-refractivity contribution in [2.24, 2.45) is 11.7 Å². The van der Waals surface area contributed by atoms with Crippen molar-refractivity contribution in [1.82, 2.24) is 0 Å². The molecule has 1 aromatic rings. The van der Waals surface area contributed by atoms with Gasteiger partial charge < -0.3 is 10.8 Å². The van der Waals surface area contributed by atoms with Crippen molar-refractivity contribution in [3.05, 3.63) is 28.2 Å². The van der Waals surface area contributed by atoms with Crippen molar-refractivity contribution in [2.75, 3.05) is 12.3 Å². The third kappa shape index (κ3) is 1.84. The number of benzene rings is 1. The number of hydrogen-bond acceptors (Lipinski definition) is 3. The highest BCUT2D eigenvalue weighted by atomic mass is 79.9. The SMILES string of the molecule is NCC1CSc2cc(Br)ccc2C1O. The topological polar surface area (TPSA) is 46.2 Å².